The third kappa shape index (κ3) is 3.79. The zero-order valence-corrected chi connectivity index (χ0v) is 11.9. The largest absolute Gasteiger partial charge is 0.435 e. The number of urea groups is 1. The van der Waals surface area contributed by atoms with Crippen molar-refractivity contribution >= 4 is 6.03 Å². The molecular formula is C13H17F3N4O2. The Morgan fingerprint density at radius 2 is 2.23 bits per heavy atom. The fourth-order valence-corrected chi connectivity index (χ4v) is 2.22. The van der Waals surface area contributed by atoms with Crippen molar-refractivity contribution < 1.29 is 22.7 Å². The molecule has 0 saturated carbocycles. The Balaban J connectivity index is 2.03. The second-order valence-corrected chi connectivity index (χ2v) is 4.72. The van der Waals surface area contributed by atoms with E-state index >= 15 is 0 Å². The lowest BCUT2D eigenvalue weighted by Gasteiger charge is -2.15. The van der Waals surface area contributed by atoms with Crippen LogP contribution in [0.15, 0.2) is 12.7 Å². The van der Waals surface area contributed by atoms with E-state index in [0.29, 0.717) is 25.3 Å². The number of carbonyl (C=O) groups excluding carboxylic acids is 1. The van der Waals surface area contributed by atoms with Gasteiger partial charge in [0, 0.05) is 30.8 Å². The number of nitrogens with one attached hydrogen (secondary N) is 2. The van der Waals surface area contributed by atoms with Crippen LogP contribution in [-0.4, -0.2) is 35.5 Å². The molecule has 0 bridgehead atoms. The number of halogens is 3. The summed E-state index contributed by atoms with van der Waals surface area (Å²) in [5, 5.41) is 8.71. The van der Waals surface area contributed by atoms with Crippen LogP contribution in [0.3, 0.4) is 0 Å². The quantitative estimate of drug-likeness (QED) is 0.808. The average molecular weight is 318 g/mol. The van der Waals surface area contributed by atoms with Crippen molar-refractivity contribution in [3.63, 3.8) is 0 Å². The molecule has 2 heterocycles. The van der Waals surface area contributed by atoms with Gasteiger partial charge in [0.15, 0.2) is 5.69 Å². The topological polar surface area (TPSA) is 68.2 Å². The van der Waals surface area contributed by atoms with Gasteiger partial charge in [-0.15, -0.1) is 6.58 Å². The van der Waals surface area contributed by atoms with Gasteiger partial charge in [-0.2, -0.15) is 18.3 Å². The first-order valence-electron chi connectivity index (χ1n) is 6.79. The Bertz CT molecular complexity index is 554. The third-order valence-corrected chi connectivity index (χ3v) is 3.18. The first kappa shape index (κ1) is 16.3. The zero-order chi connectivity index (χ0) is 16.2. The summed E-state index contributed by atoms with van der Waals surface area (Å²) in [6.45, 7) is 4.40. The molecule has 0 unspecified atom stereocenters. The van der Waals surface area contributed by atoms with Gasteiger partial charge in [-0.1, -0.05) is 6.08 Å². The number of hydrogen-bond donors (Lipinski definition) is 2. The van der Waals surface area contributed by atoms with E-state index in [9.17, 15) is 18.0 Å². The van der Waals surface area contributed by atoms with E-state index in [-0.39, 0.29) is 25.3 Å². The molecule has 0 aliphatic carbocycles. The van der Waals surface area contributed by atoms with Crippen LogP contribution >= 0.6 is 0 Å². The molecule has 6 nitrogen and oxygen atoms in total. The van der Waals surface area contributed by atoms with Crippen LogP contribution in [0.2, 0.25) is 0 Å². The SMILES string of the molecule is C=CCNC(=O)NCCn1nc(C(F)(F)F)c2c1CCOC2. The van der Waals surface area contributed by atoms with Gasteiger partial charge in [0.1, 0.15) is 0 Å². The van der Waals surface area contributed by atoms with Gasteiger partial charge in [-0.05, 0) is 0 Å². The molecule has 0 atom stereocenters. The third-order valence-electron chi connectivity index (χ3n) is 3.18. The number of hydrogen-bond acceptors (Lipinski definition) is 3. The average Bonchev–Trinajstić information content (AvgIpc) is 2.84. The number of amides is 2. The number of nitrogens with zero attached hydrogens (tertiary/aromatic N) is 2. The molecule has 1 aromatic rings. The molecule has 0 radical (unpaired) electrons. The van der Waals surface area contributed by atoms with E-state index in [2.05, 4.69) is 22.3 Å². The van der Waals surface area contributed by atoms with Gasteiger partial charge >= 0.3 is 12.2 Å². The molecule has 2 rings (SSSR count). The summed E-state index contributed by atoms with van der Waals surface area (Å²) in [6.07, 6.45) is -2.61. The predicted molar refractivity (Wildman–Crippen MR) is 72.2 cm³/mol. The molecule has 0 fully saturated rings. The van der Waals surface area contributed by atoms with E-state index in [0.717, 1.165) is 0 Å². The lowest BCUT2D eigenvalue weighted by Crippen LogP contribution is -2.37. The van der Waals surface area contributed by atoms with Crippen molar-refractivity contribution in [3.05, 3.63) is 29.6 Å². The molecule has 1 aromatic heterocycles. The molecule has 0 aromatic carbocycles. The number of alkyl halides is 3. The highest BCUT2D eigenvalue weighted by molar-refractivity contribution is 5.73. The molecule has 0 saturated heterocycles. The van der Waals surface area contributed by atoms with E-state index in [4.69, 9.17) is 4.74 Å². The van der Waals surface area contributed by atoms with E-state index in [1.807, 2.05) is 0 Å². The molecule has 2 amide bonds. The number of aromatic nitrogens is 2. The summed E-state index contributed by atoms with van der Waals surface area (Å²) in [5.41, 5.74) is -0.292. The van der Waals surface area contributed by atoms with Crippen LogP contribution in [0.5, 0.6) is 0 Å². The molecule has 0 spiro atoms. The normalized spacial score (nSPS) is 14.3. The van der Waals surface area contributed by atoms with Crippen molar-refractivity contribution in [2.75, 3.05) is 19.7 Å². The Labute approximate surface area is 125 Å². The van der Waals surface area contributed by atoms with Crippen LogP contribution in [-0.2, 0) is 30.5 Å². The smallest absolute Gasteiger partial charge is 0.376 e. The Kier molecular flexibility index (Phi) is 5.07. The maximum atomic E-state index is 13.0. The summed E-state index contributed by atoms with van der Waals surface area (Å²) in [5.74, 6) is 0. The number of ether oxygens (including phenoxy) is 1. The highest BCUT2D eigenvalue weighted by Gasteiger charge is 2.39. The molecule has 2 N–H and O–H groups in total. The van der Waals surface area contributed by atoms with Crippen molar-refractivity contribution in [2.45, 2.75) is 25.7 Å². The molecule has 22 heavy (non-hydrogen) atoms. The monoisotopic (exact) mass is 318 g/mol. The standard InChI is InChI=1S/C13H17F3N4O2/c1-2-4-17-12(21)18-5-6-20-10-3-7-22-8-9(10)11(19-20)13(14,15)16/h2H,1,3-8H2,(H2,17,18,21). The minimum atomic E-state index is -4.51. The van der Waals surface area contributed by atoms with Gasteiger partial charge in [0.2, 0.25) is 0 Å². The van der Waals surface area contributed by atoms with Gasteiger partial charge in [-0.3, -0.25) is 4.68 Å². The summed E-state index contributed by atoms with van der Waals surface area (Å²) in [7, 11) is 0. The highest BCUT2D eigenvalue weighted by atomic mass is 19.4. The predicted octanol–water partition coefficient (Wildman–Crippen LogP) is 1.46. The summed E-state index contributed by atoms with van der Waals surface area (Å²) < 4.78 is 45.3. The summed E-state index contributed by atoms with van der Waals surface area (Å²) in [4.78, 5) is 11.3. The molecule has 9 heteroatoms. The van der Waals surface area contributed by atoms with Crippen molar-refractivity contribution in [1.29, 1.82) is 0 Å². The second kappa shape index (κ2) is 6.82. The number of carbonyl (C=O) groups is 1. The zero-order valence-electron chi connectivity index (χ0n) is 11.9. The maximum Gasteiger partial charge on any atom is 0.435 e. The Morgan fingerprint density at radius 1 is 1.45 bits per heavy atom. The lowest BCUT2D eigenvalue weighted by atomic mass is 10.1. The minimum Gasteiger partial charge on any atom is -0.376 e. The van der Waals surface area contributed by atoms with E-state index < -0.39 is 17.9 Å². The van der Waals surface area contributed by atoms with Crippen LogP contribution in [0, 0.1) is 0 Å². The minimum absolute atomic E-state index is 0.0859. The highest BCUT2D eigenvalue weighted by Crippen LogP contribution is 2.34. The van der Waals surface area contributed by atoms with E-state index in [1.54, 1.807) is 0 Å². The molecular weight excluding hydrogens is 301 g/mol. The van der Waals surface area contributed by atoms with Crippen molar-refractivity contribution in [1.82, 2.24) is 20.4 Å². The maximum absolute atomic E-state index is 13.0. The Morgan fingerprint density at radius 3 is 2.91 bits per heavy atom. The molecule has 122 valence electrons. The molecule has 1 aliphatic rings. The fourth-order valence-electron chi connectivity index (χ4n) is 2.22. The van der Waals surface area contributed by atoms with E-state index in [1.165, 1.54) is 10.8 Å². The molecule has 1 aliphatic heterocycles. The second-order valence-electron chi connectivity index (χ2n) is 4.72. The first-order valence-corrected chi connectivity index (χ1v) is 6.79. The lowest BCUT2D eigenvalue weighted by molar-refractivity contribution is -0.142. The van der Waals surface area contributed by atoms with Crippen LogP contribution in [0.1, 0.15) is 17.0 Å². The van der Waals surface area contributed by atoms with Crippen LogP contribution < -0.4 is 10.6 Å². The van der Waals surface area contributed by atoms with Gasteiger partial charge in [-0.25, -0.2) is 4.79 Å². The fraction of sp³-hybridized carbons (Fsp3) is 0.538. The number of rotatable bonds is 5. The van der Waals surface area contributed by atoms with Gasteiger partial charge in [0.25, 0.3) is 0 Å². The number of fused-ring (bicyclic) bond motifs is 1. The summed E-state index contributed by atoms with van der Waals surface area (Å²) in [6, 6.07) is -0.402. The first-order chi connectivity index (χ1) is 10.4. The summed E-state index contributed by atoms with van der Waals surface area (Å²) >= 11 is 0. The van der Waals surface area contributed by atoms with Crippen LogP contribution in [0.4, 0.5) is 18.0 Å². The van der Waals surface area contributed by atoms with Crippen molar-refractivity contribution in [2.24, 2.45) is 0 Å². The van der Waals surface area contributed by atoms with Crippen LogP contribution in [0.25, 0.3) is 0 Å². The van der Waals surface area contributed by atoms with Crippen molar-refractivity contribution in [3.8, 4) is 0 Å². The van der Waals surface area contributed by atoms with Gasteiger partial charge < -0.3 is 15.4 Å². The van der Waals surface area contributed by atoms with Gasteiger partial charge in [0.05, 0.1) is 19.8 Å². The Hall–Kier alpha value is -2.03.